The molecule has 1 aliphatic heterocycles. The zero-order valence-electron chi connectivity index (χ0n) is 23.0. The number of nitrogens with zero attached hydrogens (tertiary/aromatic N) is 5. The number of imidazole rings is 1. The summed E-state index contributed by atoms with van der Waals surface area (Å²) in [6, 6.07) is 15.1. The number of benzene rings is 3. The zero-order chi connectivity index (χ0) is 29.0. The maximum Gasteiger partial charge on any atom is 0.273 e. The SMILES string of the molecule is C=CC(=O)N1CC(Cn2c(=O)c(C3CC3CCn3ccnc3)nc3cc(-c4cc(O)cc5ccccc45)c(Cl)cc32)C1. The second kappa shape index (κ2) is 10.4. The van der Waals surface area contributed by atoms with Gasteiger partial charge in [0.1, 0.15) is 11.4 Å². The molecule has 0 radical (unpaired) electrons. The number of likely N-dealkylation sites (tertiary alicyclic amines) is 1. The van der Waals surface area contributed by atoms with Crippen LogP contribution in [-0.2, 0) is 17.9 Å². The van der Waals surface area contributed by atoms with Crippen LogP contribution in [-0.4, -0.2) is 48.1 Å². The quantitative estimate of drug-likeness (QED) is 0.241. The number of amides is 1. The maximum atomic E-state index is 14.0. The summed E-state index contributed by atoms with van der Waals surface area (Å²) in [5.74, 6) is 0.682. The molecule has 0 bridgehead atoms. The van der Waals surface area contributed by atoms with Crippen molar-refractivity contribution < 1.29 is 9.90 Å². The van der Waals surface area contributed by atoms with Crippen LogP contribution in [0, 0.1) is 11.8 Å². The Labute approximate surface area is 247 Å². The minimum Gasteiger partial charge on any atom is -0.508 e. The summed E-state index contributed by atoms with van der Waals surface area (Å²) in [7, 11) is 0. The van der Waals surface area contributed by atoms with Gasteiger partial charge < -0.3 is 19.1 Å². The molecule has 1 N–H and O–H groups in total. The monoisotopic (exact) mass is 579 g/mol. The lowest BCUT2D eigenvalue weighted by atomic mass is 9.96. The van der Waals surface area contributed by atoms with Gasteiger partial charge in [-0.05, 0) is 65.4 Å². The van der Waals surface area contributed by atoms with Crippen molar-refractivity contribution >= 4 is 39.3 Å². The van der Waals surface area contributed by atoms with E-state index < -0.39 is 0 Å². The molecule has 7 rings (SSSR count). The summed E-state index contributed by atoms with van der Waals surface area (Å²) in [5, 5.41) is 12.8. The molecule has 1 saturated carbocycles. The van der Waals surface area contributed by atoms with E-state index in [1.165, 1.54) is 6.08 Å². The van der Waals surface area contributed by atoms with E-state index in [2.05, 4.69) is 16.1 Å². The Morgan fingerprint density at radius 1 is 1.14 bits per heavy atom. The van der Waals surface area contributed by atoms with Gasteiger partial charge in [0.25, 0.3) is 5.56 Å². The second-order valence-electron chi connectivity index (χ2n) is 11.5. The Bertz CT molecular complexity index is 1910. The van der Waals surface area contributed by atoms with Gasteiger partial charge in [-0.2, -0.15) is 0 Å². The fourth-order valence-electron chi connectivity index (χ4n) is 6.32. The molecule has 9 heteroatoms. The van der Waals surface area contributed by atoms with E-state index in [1.54, 1.807) is 27.8 Å². The minimum absolute atomic E-state index is 0.0854. The Balaban J connectivity index is 1.30. The lowest BCUT2D eigenvalue weighted by Crippen LogP contribution is -2.51. The van der Waals surface area contributed by atoms with Gasteiger partial charge in [0.15, 0.2) is 0 Å². The summed E-state index contributed by atoms with van der Waals surface area (Å²) in [5.41, 5.74) is 3.42. The molecule has 1 aliphatic carbocycles. The van der Waals surface area contributed by atoms with Gasteiger partial charge >= 0.3 is 0 Å². The highest BCUT2D eigenvalue weighted by atomic mass is 35.5. The molecule has 2 fully saturated rings. The summed E-state index contributed by atoms with van der Waals surface area (Å²) < 4.78 is 3.86. The van der Waals surface area contributed by atoms with E-state index in [1.807, 2.05) is 48.9 Å². The first-order valence-electron chi connectivity index (χ1n) is 14.2. The Morgan fingerprint density at radius 3 is 2.76 bits per heavy atom. The maximum absolute atomic E-state index is 14.0. The Morgan fingerprint density at radius 2 is 1.98 bits per heavy atom. The molecule has 3 aromatic carbocycles. The van der Waals surface area contributed by atoms with Gasteiger partial charge in [-0.1, -0.05) is 42.4 Å². The molecule has 5 aromatic rings. The average molecular weight is 580 g/mol. The first-order chi connectivity index (χ1) is 20.4. The highest BCUT2D eigenvalue weighted by molar-refractivity contribution is 6.34. The van der Waals surface area contributed by atoms with Crippen molar-refractivity contribution in [3.05, 3.63) is 101 Å². The van der Waals surface area contributed by atoms with Crippen molar-refractivity contribution in [2.24, 2.45) is 11.8 Å². The average Bonchev–Trinajstić information content (AvgIpc) is 3.54. The molecule has 1 amide bonds. The van der Waals surface area contributed by atoms with Crippen LogP contribution < -0.4 is 5.56 Å². The largest absolute Gasteiger partial charge is 0.508 e. The van der Waals surface area contributed by atoms with Crippen molar-refractivity contribution in [2.45, 2.75) is 31.8 Å². The highest BCUT2D eigenvalue weighted by Gasteiger charge is 2.41. The lowest BCUT2D eigenvalue weighted by Gasteiger charge is -2.39. The topological polar surface area (TPSA) is 93.3 Å². The third-order valence-electron chi connectivity index (χ3n) is 8.67. The van der Waals surface area contributed by atoms with Crippen molar-refractivity contribution in [1.82, 2.24) is 24.0 Å². The number of halogens is 1. The number of carbonyl (C=O) groups excluding carboxylic acids is 1. The molecule has 2 unspecified atom stereocenters. The molecule has 42 heavy (non-hydrogen) atoms. The van der Waals surface area contributed by atoms with Crippen LogP contribution >= 0.6 is 11.6 Å². The number of rotatable bonds is 8. The van der Waals surface area contributed by atoms with Gasteiger partial charge in [-0.3, -0.25) is 9.59 Å². The van der Waals surface area contributed by atoms with Crippen molar-refractivity contribution in [3.63, 3.8) is 0 Å². The van der Waals surface area contributed by atoms with Gasteiger partial charge in [0, 0.05) is 56.0 Å². The molecule has 2 aromatic heterocycles. The first-order valence-corrected chi connectivity index (χ1v) is 14.6. The number of carbonyl (C=O) groups is 1. The number of aromatic nitrogens is 4. The number of hydrogen-bond acceptors (Lipinski definition) is 5. The number of phenolic OH excluding ortho intramolecular Hbond substituents is 1. The molecule has 2 aliphatic rings. The number of hydrogen-bond donors (Lipinski definition) is 1. The molecule has 0 spiro atoms. The molecular weight excluding hydrogens is 550 g/mol. The second-order valence-corrected chi connectivity index (χ2v) is 11.9. The third kappa shape index (κ3) is 4.75. The highest BCUT2D eigenvalue weighted by Crippen LogP contribution is 2.48. The normalized spacial score (nSPS) is 18.4. The van der Waals surface area contributed by atoms with E-state index >= 15 is 0 Å². The lowest BCUT2D eigenvalue weighted by molar-refractivity contribution is -0.132. The van der Waals surface area contributed by atoms with Crippen LogP contribution in [0.2, 0.25) is 5.02 Å². The molecule has 212 valence electrons. The fourth-order valence-corrected chi connectivity index (χ4v) is 6.58. The van der Waals surface area contributed by atoms with Crippen LogP contribution in [0.5, 0.6) is 5.75 Å². The van der Waals surface area contributed by atoms with Gasteiger partial charge in [0.05, 0.1) is 22.4 Å². The van der Waals surface area contributed by atoms with Crippen molar-refractivity contribution in [1.29, 1.82) is 0 Å². The number of aryl methyl sites for hydroxylation is 1. The fraction of sp³-hybridized carbons (Fsp3) is 0.273. The summed E-state index contributed by atoms with van der Waals surface area (Å²) >= 11 is 6.91. The van der Waals surface area contributed by atoms with Gasteiger partial charge in [-0.15, -0.1) is 0 Å². The molecule has 3 heterocycles. The Kier molecular flexibility index (Phi) is 6.58. The van der Waals surface area contributed by atoms with Crippen LogP contribution in [0.3, 0.4) is 0 Å². The smallest absolute Gasteiger partial charge is 0.273 e. The zero-order valence-corrected chi connectivity index (χ0v) is 23.7. The van der Waals surface area contributed by atoms with Gasteiger partial charge in [-0.25, -0.2) is 9.97 Å². The van der Waals surface area contributed by atoms with Crippen LogP contribution in [0.4, 0.5) is 0 Å². The van der Waals surface area contributed by atoms with E-state index in [4.69, 9.17) is 16.6 Å². The van der Waals surface area contributed by atoms with Crippen LogP contribution in [0.15, 0.2) is 84.7 Å². The van der Waals surface area contributed by atoms with Crippen molar-refractivity contribution in [2.75, 3.05) is 13.1 Å². The number of fused-ring (bicyclic) bond motifs is 2. The summed E-state index contributed by atoms with van der Waals surface area (Å²) in [4.78, 5) is 36.9. The summed E-state index contributed by atoms with van der Waals surface area (Å²) in [6.45, 7) is 6.06. The summed E-state index contributed by atoms with van der Waals surface area (Å²) in [6.07, 6.45) is 8.73. The van der Waals surface area contributed by atoms with Crippen LogP contribution in [0.1, 0.15) is 24.5 Å². The molecule has 8 nitrogen and oxygen atoms in total. The van der Waals surface area contributed by atoms with Crippen molar-refractivity contribution in [3.8, 4) is 16.9 Å². The minimum atomic E-state index is -0.0939. The van der Waals surface area contributed by atoms with E-state index in [-0.39, 0.29) is 29.1 Å². The van der Waals surface area contributed by atoms with E-state index in [0.29, 0.717) is 47.3 Å². The molecule has 1 saturated heterocycles. The number of aromatic hydroxyl groups is 1. The Hall–Kier alpha value is -4.43. The third-order valence-corrected chi connectivity index (χ3v) is 8.98. The predicted octanol–water partition coefficient (Wildman–Crippen LogP) is 5.61. The predicted molar refractivity (Wildman–Crippen MR) is 164 cm³/mol. The van der Waals surface area contributed by atoms with Gasteiger partial charge in [0.2, 0.25) is 5.91 Å². The molecular formula is C33H30ClN5O3. The van der Waals surface area contributed by atoms with E-state index in [9.17, 15) is 14.7 Å². The van der Waals surface area contributed by atoms with Crippen LogP contribution in [0.25, 0.3) is 32.9 Å². The number of phenols is 1. The first kappa shape index (κ1) is 26.5. The standard InChI is InChI=1S/C33H30ClN5O3/c1-2-31(41)38-16-20(17-38)18-39-30-15-28(34)27(26-13-23(40)11-21-5-3-4-6-24(21)26)14-29(30)36-32(33(39)42)25-12-22(25)7-9-37-10-8-35-19-37/h2-6,8,10-11,13-15,19-20,22,25,40H,1,7,9,12,16-18H2. The molecule has 2 atom stereocenters. The van der Waals surface area contributed by atoms with E-state index in [0.717, 1.165) is 41.3 Å².